The summed E-state index contributed by atoms with van der Waals surface area (Å²) in [5.74, 6) is 1.13. The van der Waals surface area contributed by atoms with Gasteiger partial charge in [0.1, 0.15) is 16.5 Å². The van der Waals surface area contributed by atoms with E-state index in [2.05, 4.69) is 56.0 Å². The number of carbonyl (C=O) groups is 1. The number of piperazine rings is 1. The molecule has 1 aliphatic rings. The normalized spacial score (nSPS) is 13.8. The molecule has 2 heterocycles. The van der Waals surface area contributed by atoms with Gasteiger partial charge in [0.15, 0.2) is 11.5 Å². The molecule has 238 valence electrons. The Morgan fingerprint density at radius 1 is 0.911 bits per heavy atom. The molecular formula is C36H43FN4O3S. The van der Waals surface area contributed by atoms with Crippen LogP contribution in [-0.4, -0.2) is 67.6 Å². The quantitative estimate of drug-likeness (QED) is 0.182. The predicted octanol–water partition coefficient (Wildman–Crippen LogP) is 6.80. The van der Waals surface area contributed by atoms with Crippen molar-refractivity contribution in [1.82, 2.24) is 14.8 Å². The molecule has 9 heteroatoms. The van der Waals surface area contributed by atoms with E-state index in [1.165, 1.54) is 28.5 Å². The fourth-order valence-corrected chi connectivity index (χ4v) is 6.41. The zero-order valence-electron chi connectivity index (χ0n) is 26.9. The number of carbonyl (C=O) groups excluding carboxylic acids is 1. The van der Waals surface area contributed by atoms with Crippen molar-refractivity contribution >= 4 is 22.9 Å². The Bertz CT molecular complexity index is 1580. The van der Waals surface area contributed by atoms with Gasteiger partial charge in [-0.25, -0.2) is 9.37 Å². The van der Waals surface area contributed by atoms with Gasteiger partial charge in [0.25, 0.3) is 5.91 Å². The molecule has 3 aromatic carbocycles. The lowest BCUT2D eigenvalue weighted by Gasteiger charge is -2.35. The maximum Gasteiger partial charge on any atom is 0.273 e. The first-order valence-corrected chi connectivity index (χ1v) is 16.3. The van der Waals surface area contributed by atoms with E-state index in [1.807, 2.05) is 33.4 Å². The molecular weight excluding hydrogens is 587 g/mol. The predicted molar refractivity (Wildman–Crippen MR) is 179 cm³/mol. The SMILES string of the molecule is COc1ccc(CCN(Cc2ccc(C(C)(C)C)cc2)Cc2nc(C(=O)N3CCN(c4ccccc4F)CC3)cs2)cc1OC. The summed E-state index contributed by atoms with van der Waals surface area (Å²) in [5.41, 5.74) is 4.85. The van der Waals surface area contributed by atoms with Gasteiger partial charge in [-0.3, -0.25) is 9.69 Å². The minimum absolute atomic E-state index is 0.0691. The molecule has 45 heavy (non-hydrogen) atoms. The van der Waals surface area contributed by atoms with E-state index in [1.54, 1.807) is 26.4 Å². The van der Waals surface area contributed by atoms with Crippen molar-refractivity contribution in [3.63, 3.8) is 0 Å². The Balaban J connectivity index is 1.26. The molecule has 0 aliphatic carbocycles. The van der Waals surface area contributed by atoms with Crippen LogP contribution in [0.25, 0.3) is 0 Å². The molecule has 0 saturated carbocycles. The van der Waals surface area contributed by atoms with Crippen LogP contribution in [0.4, 0.5) is 10.1 Å². The molecule has 1 amide bonds. The number of thiazole rings is 1. The highest BCUT2D eigenvalue weighted by atomic mass is 32.1. The fourth-order valence-electron chi connectivity index (χ4n) is 5.60. The van der Waals surface area contributed by atoms with Crippen molar-refractivity contribution in [2.24, 2.45) is 0 Å². The molecule has 5 rings (SSSR count). The van der Waals surface area contributed by atoms with Gasteiger partial charge in [0.2, 0.25) is 0 Å². The van der Waals surface area contributed by atoms with Gasteiger partial charge in [-0.15, -0.1) is 11.3 Å². The van der Waals surface area contributed by atoms with Crippen molar-refractivity contribution in [3.05, 3.63) is 105 Å². The average Bonchev–Trinajstić information content (AvgIpc) is 3.51. The third kappa shape index (κ3) is 8.21. The summed E-state index contributed by atoms with van der Waals surface area (Å²) in [6.45, 7) is 11.1. The maximum atomic E-state index is 14.3. The number of halogens is 1. The molecule has 1 aromatic heterocycles. The smallest absolute Gasteiger partial charge is 0.273 e. The van der Waals surface area contributed by atoms with Crippen LogP contribution in [0.3, 0.4) is 0 Å². The number of aromatic nitrogens is 1. The fraction of sp³-hybridized carbons (Fsp3) is 0.389. The first kappa shape index (κ1) is 32.4. The Labute approximate surface area is 270 Å². The lowest BCUT2D eigenvalue weighted by atomic mass is 9.87. The van der Waals surface area contributed by atoms with Crippen molar-refractivity contribution < 1.29 is 18.7 Å². The molecule has 4 aromatic rings. The van der Waals surface area contributed by atoms with E-state index in [0.717, 1.165) is 35.8 Å². The Morgan fingerprint density at radius 2 is 1.60 bits per heavy atom. The Hall–Kier alpha value is -3.95. The van der Waals surface area contributed by atoms with E-state index in [9.17, 15) is 9.18 Å². The highest BCUT2D eigenvalue weighted by molar-refractivity contribution is 7.09. The number of rotatable bonds is 11. The highest BCUT2D eigenvalue weighted by Gasteiger charge is 2.25. The number of hydrogen-bond donors (Lipinski definition) is 0. The number of methoxy groups -OCH3 is 2. The summed E-state index contributed by atoms with van der Waals surface area (Å²) >= 11 is 1.52. The van der Waals surface area contributed by atoms with Crippen LogP contribution >= 0.6 is 11.3 Å². The average molecular weight is 631 g/mol. The number of anilines is 1. The van der Waals surface area contributed by atoms with Gasteiger partial charge >= 0.3 is 0 Å². The van der Waals surface area contributed by atoms with Gasteiger partial charge in [0, 0.05) is 44.6 Å². The minimum Gasteiger partial charge on any atom is -0.493 e. The Kier molecular flexibility index (Phi) is 10.4. The van der Waals surface area contributed by atoms with Gasteiger partial charge in [-0.05, 0) is 52.8 Å². The number of ether oxygens (including phenoxy) is 2. The Morgan fingerprint density at radius 3 is 2.27 bits per heavy atom. The first-order chi connectivity index (χ1) is 21.6. The summed E-state index contributed by atoms with van der Waals surface area (Å²) < 4.78 is 25.2. The molecule has 1 aliphatic heterocycles. The molecule has 0 atom stereocenters. The van der Waals surface area contributed by atoms with E-state index in [4.69, 9.17) is 14.5 Å². The van der Waals surface area contributed by atoms with Crippen LogP contribution in [0.15, 0.2) is 72.1 Å². The van der Waals surface area contributed by atoms with E-state index >= 15 is 0 Å². The van der Waals surface area contributed by atoms with Crippen molar-refractivity contribution in [3.8, 4) is 11.5 Å². The van der Waals surface area contributed by atoms with Crippen molar-refractivity contribution in [2.45, 2.75) is 45.7 Å². The topological polar surface area (TPSA) is 58.1 Å². The maximum absolute atomic E-state index is 14.3. The molecule has 0 unspecified atom stereocenters. The summed E-state index contributed by atoms with van der Waals surface area (Å²) in [6, 6.07) is 21.7. The van der Waals surface area contributed by atoms with Crippen LogP contribution in [0.5, 0.6) is 11.5 Å². The first-order valence-electron chi connectivity index (χ1n) is 15.4. The monoisotopic (exact) mass is 630 g/mol. The van der Waals surface area contributed by atoms with E-state index in [0.29, 0.717) is 49.9 Å². The molecule has 7 nitrogen and oxygen atoms in total. The number of hydrogen-bond acceptors (Lipinski definition) is 7. The molecule has 1 fully saturated rings. The highest BCUT2D eigenvalue weighted by Crippen LogP contribution is 2.28. The summed E-state index contributed by atoms with van der Waals surface area (Å²) in [4.78, 5) is 24.4. The lowest BCUT2D eigenvalue weighted by molar-refractivity contribution is 0.0741. The third-order valence-electron chi connectivity index (χ3n) is 8.28. The van der Waals surface area contributed by atoms with Crippen LogP contribution in [0.1, 0.15) is 53.0 Å². The number of nitrogens with zero attached hydrogens (tertiary/aromatic N) is 4. The van der Waals surface area contributed by atoms with E-state index in [-0.39, 0.29) is 17.1 Å². The lowest BCUT2D eigenvalue weighted by Crippen LogP contribution is -2.49. The molecule has 0 bridgehead atoms. The number of benzene rings is 3. The van der Waals surface area contributed by atoms with Crippen LogP contribution in [0.2, 0.25) is 0 Å². The van der Waals surface area contributed by atoms with Crippen molar-refractivity contribution in [1.29, 1.82) is 0 Å². The summed E-state index contributed by atoms with van der Waals surface area (Å²) in [7, 11) is 3.29. The van der Waals surface area contributed by atoms with Gasteiger partial charge in [-0.2, -0.15) is 0 Å². The van der Waals surface area contributed by atoms with Gasteiger partial charge in [-0.1, -0.05) is 63.2 Å². The van der Waals surface area contributed by atoms with Crippen LogP contribution < -0.4 is 14.4 Å². The van der Waals surface area contributed by atoms with Crippen LogP contribution in [-0.2, 0) is 24.9 Å². The second kappa shape index (κ2) is 14.4. The van der Waals surface area contributed by atoms with E-state index < -0.39 is 0 Å². The third-order valence-corrected chi connectivity index (χ3v) is 9.11. The molecule has 0 radical (unpaired) electrons. The zero-order chi connectivity index (χ0) is 32.0. The number of para-hydroxylation sites is 1. The molecule has 0 spiro atoms. The standard InChI is InChI=1S/C36H43FN4O3S/c1-36(2,3)28-13-10-27(11-14-28)23-39(17-16-26-12-15-32(43-4)33(22-26)44-5)24-34-38-30(25-45-34)35(42)41-20-18-40(19-21-41)31-9-7-6-8-29(31)37/h6-15,22,25H,16-21,23-24H2,1-5H3. The molecule has 0 N–H and O–H groups in total. The van der Waals surface area contributed by atoms with Crippen molar-refractivity contribution in [2.75, 3.05) is 51.8 Å². The second-order valence-corrected chi connectivity index (χ2v) is 13.4. The minimum atomic E-state index is -0.234. The zero-order valence-corrected chi connectivity index (χ0v) is 27.7. The van der Waals surface area contributed by atoms with Gasteiger partial charge < -0.3 is 19.3 Å². The summed E-state index contributed by atoms with van der Waals surface area (Å²) in [5, 5.41) is 2.77. The molecule has 1 saturated heterocycles. The van der Waals surface area contributed by atoms with Gasteiger partial charge in [0.05, 0.1) is 26.5 Å². The number of amides is 1. The second-order valence-electron chi connectivity index (χ2n) is 12.5. The van der Waals surface area contributed by atoms with Crippen LogP contribution in [0, 0.1) is 5.82 Å². The largest absolute Gasteiger partial charge is 0.493 e. The summed E-state index contributed by atoms with van der Waals surface area (Å²) in [6.07, 6.45) is 0.823.